The monoisotopic (exact) mass is 274 g/mol. The SMILES string of the molecule is Cc1ccsc1C1CN(C)CCC1C(N)=O.Cl. The molecule has 96 valence electrons. The summed E-state index contributed by atoms with van der Waals surface area (Å²) in [5, 5.41) is 2.09. The second kappa shape index (κ2) is 5.85. The number of hydrogen-bond acceptors (Lipinski definition) is 3. The van der Waals surface area contributed by atoms with Crippen molar-refractivity contribution in [1.82, 2.24) is 4.90 Å². The van der Waals surface area contributed by atoms with E-state index >= 15 is 0 Å². The van der Waals surface area contributed by atoms with Gasteiger partial charge in [-0.15, -0.1) is 23.7 Å². The Morgan fingerprint density at radius 3 is 2.82 bits per heavy atom. The molecule has 1 fully saturated rings. The van der Waals surface area contributed by atoms with Gasteiger partial charge in [-0.3, -0.25) is 4.79 Å². The first-order valence-corrected chi connectivity index (χ1v) is 6.49. The van der Waals surface area contributed by atoms with Gasteiger partial charge in [-0.25, -0.2) is 0 Å². The zero-order valence-corrected chi connectivity index (χ0v) is 11.8. The predicted octanol–water partition coefficient (Wildman–Crippen LogP) is 2.00. The van der Waals surface area contributed by atoms with Gasteiger partial charge in [0, 0.05) is 23.3 Å². The van der Waals surface area contributed by atoms with Crippen molar-refractivity contribution >= 4 is 29.7 Å². The summed E-state index contributed by atoms with van der Waals surface area (Å²) >= 11 is 1.74. The lowest BCUT2D eigenvalue weighted by Crippen LogP contribution is -2.42. The second-order valence-electron chi connectivity index (χ2n) is 4.63. The van der Waals surface area contributed by atoms with Crippen LogP contribution in [0.25, 0.3) is 0 Å². The molecule has 0 aliphatic carbocycles. The molecule has 2 unspecified atom stereocenters. The van der Waals surface area contributed by atoms with E-state index in [1.165, 1.54) is 10.4 Å². The normalized spacial score (nSPS) is 25.3. The van der Waals surface area contributed by atoms with Crippen LogP contribution in [0.5, 0.6) is 0 Å². The first-order valence-electron chi connectivity index (χ1n) is 5.61. The Hall–Kier alpha value is -0.580. The lowest BCUT2D eigenvalue weighted by Gasteiger charge is -2.35. The number of carbonyl (C=O) groups is 1. The summed E-state index contributed by atoms with van der Waals surface area (Å²) < 4.78 is 0. The van der Waals surface area contributed by atoms with Gasteiger partial charge in [-0.2, -0.15) is 0 Å². The summed E-state index contributed by atoms with van der Waals surface area (Å²) in [7, 11) is 2.10. The van der Waals surface area contributed by atoms with E-state index in [9.17, 15) is 4.79 Å². The zero-order chi connectivity index (χ0) is 11.7. The van der Waals surface area contributed by atoms with Crippen molar-refractivity contribution in [2.24, 2.45) is 11.7 Å². The molecule has 1 aromatic heterocycles. The van der Waals surface area contributed by atoms with Crippen molar-refractivity contribution < 1.29 is 4.79 Å². The van der Waals surface area contributed by atoms with Crippen LogP contribution in [0, 0.1) is 12.8 Å². The minimum absolute atomic E-state index is 0. The van der Waals surface area contributed by atoms with Crippen LogP contribution in [0.4, 0.5) is 0 Å². The molecule has 2 rings (SSSR count). The third-order valence-corrected chi connectivity index (χ3v) is 4.57. The van der Waals surface area contributed by atoms with Gasteiger partial charge < -0.3 is 10.6 Å². The lowest BCUT2D eigenvalue weighted by atomic mass is 9.83. The molecule has 5 heteroatoms. The highest BCUT2D eigenvalue weighted by molar-refractivity contribution is 7.10. The molecule has 2 heterocycles. The van der Waals surface area contributed by atoms with E-state index in [-0.39, 0.29) is 30.2 Å². The molecule has 1 aromatic rings. The van der Waals surface area contributed by atoms with Crippen LogP contribution in [0.3, 0.4) is 0 Å². The van der Waals surface area contributed by atoms with Crippen LogP contribution >= 0.6 is 23.7 Å². The number of rotatable bonds is 2. The smallest absolute Gasteiger partial charge is 0.221 e. The summed E-state index contributed by atoms with van der Waals surface area (Å²) in [4.78, 5) is 15.1. The largest absolute Gasteiger partial charge is 0.369 e. The molecule has 0 bridgehead atoms. The van der Waals surface area contributed by atoms with E-state index < -0.39 is 0 Å². The van der Waals surface area contributed by atoms with Gasteiger partial charge in [0.2, 0.25) is 5.91 Å². The Bertz CT molecular complexity index is 394. The van der Waals surface area contributed by atoms with Crippen molar-refractivity contribution in [2.75, 3.05) is 20.1 Å². The van der Waals surface area contributed by atoms with Crippen molar-refractivity contribution in [3.05, 3.63) is 21.9 Å². The topological polar surface area (TPSA) is 46.3 Å². The van der Waals surface area contributed by atoms with Crippen LogP contribution < -0.4 is 5.73 Å². The van der Waals surface area contributed by atoms with Gasteiger partial charge in [0.15, 0.2) is 0 Å². The van der Waals surface area contributed by atoms with Crippen LogP contribution in [-0.4, -0.2) is 30.9 Å². The number of likely N-dealkylation sites (N-methyl/N-ethyl adjacent to an activating group) is 1. The highest BCUT2D eigenvalue weighted by atomic mass is 35.5. The third kappa shape index (κ3) is 3.00. The maximum atomic E-state index is 11.5. The number of amides is 1. The number of likely N-dealkylation sites (tertiary alicyclic amines) is 1. The molecule has 1 aliphatic heterocycles. The number of nitrogens with zero attached hydrogens (tertiary/aromatic N) is 1. The fraction of sp³-hybridized carbons (Fsp3) is 0.583. The van der Waals surface area contributed by atoms with Gasteiger partial charge in [0.25, 0.3) is 0 Å². The summed E-state index contributed by atoms with van der Waals surface area (Å²) in [6, 6.07) is 2.12. The molecule has 17 heavy (non-hydrogen) atoms. The Morgan fingerprint density at radius 2 is 2.29 bits per heavy atom. The number of thiophene rings is 1. The molecule has 0 saturated carbocycles. The zero-order valence-electron chi connectivity index (χ0n) is 10.2. The first-order chi connectivity index (χ1) is 7.59. The molecular weight excluding hydrogens is 256 g/mol. The Morgan fingerprint density at radius 1 is 1.59 bits per heavy atom. The number of primary amides is 1. The summed E-state index contributed by atoms with van der Waals surface area (Å²) in [6.07, 6.45) is 0.883. The molecule has 0 spiro atoms. The summed E-state index contributed by atoms with van der Waals surface area (Å²) in [5.74, 6) is 0.149. The average Bonchev–Trinajstić information content (AvgIpc) is 2.63. The fourth-order valence-electron chi connectivity index (χ4n) is 2.49. The second-order valence-corrected chi connectivity index (χ2v) is 5.58. The highest BCUT2D eigenvalue weighted by Gasteiger charge is 2.33. The van der Waals surface area contributed by atoms with Gasteiger partial charge >= 0.3 is 0 Å². The standard InChI is InChI=1S/C12H18N2OS.ClH/c1-8-4-6-16-11(8)10-7-14(2)5-3-9(10)12(13)15;/h4,6,9-10H,3,5,7H2,1-2H3,(H2,13,15);1H. The Kier molecular flexibility index (Phi) is 4.98. The first kappa shape index (κ1) is 14.5. The summed E-state index contributed by atoms with van der Waals surface area (Å²) in [6.45, 7) is 4.02. The van der Waals surface area contributed by atoms with Crippen LogP contribution in [0.15, 0.2) is 11.4 Å². The minimum Gasteiger partial charge on any atom is -0.369 e. The number of halogens is 1. The van der Waals surface area contributed by atoms with Crippen LogP contribution in [0.2, 0.25) is 0 Å². The van der Waals surface area contributed by atoms with Crippen LogP contribution in [-0.2, 0) is 4.79 Å². The van der Waals surface area contributed by atoms with E-state index in [0.717, 1.165) is 19.5 Å². The summed E-state index contributed by atoms with van der Waals surface area (Å²) in [5.41, 5.74) is 6.79. The molecule has 1 aliphatic rings. The van der Waals surface area contributed by atoms with E-state index in [4.69, 9.17) is 5.73 Å². The molecule has 3 nitrogen and oxygen atoms in total. The van der Waals surface area contributed by atoms with E-state index in [2.05, 4.69) is 30.3 Å². The number of nitrogens with two attached hydrogens (primary N) is 1. The predicted molar refractivity (Wildman–Crippen MR) is 73.8 cm³/mol. The fourth-order valence-corrected chi connectivity index (χ4v) is 3.57. The van der Waals surface area contributed by atoms with Crippen molar-refractivity contribution in [3.8, 4) is 0 Å². The Labute approximate surface area is 112 Å². The van der Waals surface area contributed by atoms with Crippen molar-refractivity contribution in [2.45, 2.75) is 19.3 Å². The highest BCUT2D eigenvalue weighted by Crippen LogP contribution is 2.36. The van der Waals surface area contributed by atoms with E-state index in [1.54, 1.807) is 11.3 Å². The van der Waals surface area contributed by atoms with E-state index in [0.29, 0.717) is 0 Å². The Balaban J connectivity index is 0.00000144. The quantitative estimate of drug-likeness (QED) is 0.897. The molecular formula is C12H19ClN2OS. The van der Waals surface area contributed by atoms with Crippen LogP contribution in [0.1, 0.15) is 22.8 Å². The molecule has 1 amide bonds. The van der Waals surface area contributed by atoms with Crippen molar-refractivity contribution in [3.63, 3.8) is 0 Å². The van der Waals surface area contributed by atoms with Gasteiger partial charge in [0.1, 0.15) is 0 Å². The number of hydrogen-bond donors (Lipinski definition) is 1. The minimum atomic E-state index is -0.147. The molecule has 0 aromatic carbocycles. The third-order valence-electron chi connectivity index (χ3n) is 3.42. The molecule has 2 atom stereocenters. The number of aryl methyl sites for hydroxylation is 1. The van der Waals surface area contributed by atoms with E-state index in [1.807, 2.05) is 0 Å². The van der Waals surface area contributed by atoms with Gasteiger partial charge in [0.05, 0.1) is 0 Å². The van der Waals surface area contributed by atoms with Gasteiger partial charge in [-0.05, 0) is 43.9 Å². The van der Waals surface area contributed by atoms with Crippen molar-refractivity contribution in [1.29, 1.82) is 0 Å². The number of carbonyl (C=O) groups excluding carboxylic acids is 1. The molecule has 0 radical (unpaired) electrons. The number of piperidine rings is 1. The maximum absolute atomic E-state index is 11.5. The van der Waals surface area contributed by atoms with Gasteiger partial charge in [-0.1, -0.05) is 0 Å². The maximum Gasteiger partial charge on any atom is 0.221 e. The molecule has 2 N–H and O–H groups in total. The lowest BCUT2D eigenvalue weighted by molar-refractivity contribution is -0.123. The average molecular weight is 275 g/mol. The molecule has 1 saturated heterocycles.